The molecular weight excluding hydrogens is 277 g/mol. The largest absolute Gasteiger partial charge is 0.486 e. The van der Waals surface area contributed by atoms with Gasteiger partial charge in [-0.15, -0.1) is 11.3 Å². The molecule has 0 aliphatic rings. The molecule has 0 saturated carbocycles. The van der Waals surface area contributed by atoms with Crippen LogP contribution in [0.15, 0.2) is 23.2 Å². The molecule has 4 nitrogen and oxygen atoms in total. The molecule has 0 aliphatic heterocycles. The fourth-order valence-electron chi connectivity index (χ4n) is 1.57. The van der Waals surface area contributed by atoms with Gasteiger partial charge in [-0.25, -0.2) is 9.37 Å². The fraction of sp³-hybridized carbons (Fsp3) is 0.0909. The number of hydrogen-bond acceptors (Lipinski definition) is 4. The van der Waals surface area contributed by atoms with E-state index in [-0.39, 0.29) is 17.4 Å². The molecule has 0 unspecified atom stereocenters. The predicted octanol–water partition coefficient (Wildman–Crippen LogP) is 3.39. The molecule has 3 aromatic rings. The van der Waals surface area contributed by atoms with Gasteiger partial charge < -0.3 is 4.74 Å². The van der Waals surface area contributed by atoms with Crippen molar-refractivity contribution in [3.63, 3.8) is 0 Å². The Labute approximate surface area is 110 Å². The second kappa shape index (κ2) is 4.55. The second-order valence-corrected chi connectivity index (χ2v) is 4.70. The first-order valence-electron chi connectivity index (χ1n) is 5.06. The van der Waals surface area contributed by atoms with Gasteiger partial charge in [-0.2, -0.15) is 5.10 Å². The number of halogens is 2. The monoisotopic (exact) mass is 283 g/mol. The van der Waals surface area contributed by atoms with Gasteiger partial charge in [0.15, 0.2) is 5.82 Å². The Balaban J connectivity index is 1.93. The average Bonchev–Trinajstić information content (AvgIpc) is 3.02. The minimum atomic E-state index is -0.531. The summed E-state index contributed by atoms with van der Waals surface area (Å²) >= 11 is 7.38. The maximum Gasteiger partial charge on any atom is 0.156 e. The Kier molecular flexibility index (Phi) is 2.89. The summed E-state index contributed by atoms with van der Waals surface area (Å²) in [5.74, 6) is -0.255. The van der Waals surface area contributed by atoms with E-state index in [4.69, 9.17) is 16.3 Å². The van der Waals surface area contributed by atoms with Crippen molar-refractivity contribution in [2.75, 3.05) is 0 Å². The Hall–Kier alpha value is -1.66. The smallest absolute Gasteiger partial charge is 0.156 e. The lowest BCUT2D eigenvalue weighted by atomic mass is 10.2. The molecular formula is C11H7ClFN3OS. The van der Waals surface area contributed by atoms with Crippen LogP contribution in [0.25, 0.3) is 10.9 Å². The zero-order chi connectivity index (χ0) is 12.5. The maximum atomic E-state index is 13.9. The molecule has 0 fully saturated rings. The molecule has 0 atom stereocenters. The molecule has 3 rings (SSSR count). The van der Waals surface area contributed by atoms with Crippen LogP contribution in [0.5, 0.6) is 5.75 Å². The minimum Gasteiger partial charge on any atom is -0.486 e. The van der Waals surface area contributed by atoms with E-state index < -0.39 is 5.82 Å². The molecule has 0 aliphatic carbocycles. The van der Waals surface area contributed by atoms with Gasteiger partial charge in [-0.3, -0.25) is 5.10 Å². The molecule has 0 amide bonds. The van der Waals surface area contributed by atoms with Gasteiger partial charge >= 0.3 is 0 Å². The predicted molar refractivity (Wildman–Crippen MR) is 67.5 cm³/mol. The van der Waals surface area contributed by atoms with Gasteiger partial charge in [0.2, 0.25) is 0 Å². The lowest BCUT2D eigenvalue weighted by Gasteiger charge is -2.07. The van der Waals surface area contributed by atoms with Crippen molar-refractivity contribution in [1.29, 1.82) is 0 Å². The highest BCUT2D eigenvalue weighted by Gasteiger charge is 2.14. The first-order valence-corrected chi connectivity index (χ1v) is 6.38. The summed E-state index contributed by atoms with van der Waals surface area (Å²) in [7, 11) is 0. The first kappa shape index (κ1) is 11.4. The van der Waals surface area contributed by atoms with Crippen LogP contribution in [0.4, 0.5) is 4.39 Å². The van der Waals surface area contributed by atoms with E-state index in [0.29, 0.717) is 10.9 Å². The standard InChI is InChI=1S/C11H7ClFN3OS/c12-10-9(17-3-6-4-18-5-14-6)1-8-7(11(10)13)2-15-16-8/h1-2,4-5H,3H2,(H,15,16). The molecule has 18 heavy (non-hydrogen) atoms. The number of rotatable bonds is 3. The number of nitrogens with zero attached hydrogens (tertiary/aromatic N) is 2. The van der Waals surface area contributed by atoms with E-state index in [1.165, 1.54) is 17.5 Å². The van der Waals surface area contributed by atoms with E-state index in [2.05, 4.69) is 15.2 Å². The summed E-state index contributed by atoms with van der Waals surface area (Å²) < 4.78 is 19.3. The average molecular weight is 284 g/mol. The third-order valence-corrected chi connectivity index (χ3v) is 3.44. The van der Waals surface area contributed by atoms with Crippen LogP contribution in [-0.2, 0) is 6.61 Å². The van der Waals surface area contributed by atoms with Gasteiger partial charge in [0.05, 0.1) is 28.3 Å². The van der Waals surface area contributed by atoms with Gasteiger partial charge in [-0.1, -0.05) is 11.6 Å². The van der Waals surface area contributed by atoms with Crippen molar-refractivity contribution in [2.24, 2.45) is 0 Å². The van der Waals surface area contributed by atoms with Crippen LogP contribution >= 0.6 is 22.9 Å². The normalized spacial score (nSPS) is 11.0. The zero-order valence-electron chi connectivity index (χ0n) is 8.98. The van der Waals surface area contributed by atoms with E-state index in [9.17, 15) is 4.39 Å². The van der Waals surface area contributed by atoms with Crippen LogP contribution in [-0.4, -0.2) is 15.2 Å². The highest BCUT2D eigenvalue weighted by molar-refractivity contribution is 7.07. The molecule has 1 N–H and O–H groups in total. The van der Waals surface area contributed by atoms with Crippen LogP contribution in [0.2, 0.25) is 5.02 Å². The molecule has 1 aromatic carbocycles. The van der Waals surface area contributed by atoms with Crippen molar-refractivity contribution in [3.05, 3.63) is 39.7 Å². The van der Waals surface area contributed by atoms with Crippen molar-refractivity contribution >= 4 is 33.8 Å². The summed E-state index contributed by atoms with van der Waals surface area (Å²) in [5, 5.41) is 8.61. The lowest BCUT2D eigenvalue weighted by molar-refractivity contribution is 0.301. The summed E-state index contributed by atoms with van der Waals surface area (Å²) in [6.45, 7) is 0.252. The Morgan fingerprint density at radius 3 is 3.17 bits per heavy atom. The minimum absolute atomic E-state index is 0.0425. The number of hydrogen-bond donors (Lipinski definition) is 1. The molecule has 2 aromatic heterocycles. The number of fused-ring (bicyclic) bond motifs is 1. The number of aromatic nitrogens is 3. The van der Waals surface area contributed by atoms with Crippen LogP contribution in [0, 0.1) is 5.82 Å². The number of H-pyrrole nitrogens is 1. The number of nitrogens with one attached hydrogen (secondary N) is 1. The van der Waals surface area contributed by atoms with Gasteiger partial charge in [0.25, 0.3) is 0 Å². The molecule has 0 spiro atoms. The van der Waals surface area contributed by atoms with Gasteiger partial charge in [0.1, 0.15) is 17.4 Å². The molecule has 0 radical (unpaired) electrons. The van der Waals surface area contributed by atoms with Crippen molar-refractivity contribution in [1.82, 2.24) is 15.2 Å². The Morgan fingerprint density at radius 1 is 1.50 bits per heavy atom. The zero-order valence-corrected chi connectivity index (χ0v) is 10.6. The van der Waals surface area contributed by atoms with Crippen LogP contribution in [0.3, 0.4) is 0 Å². The van der Waals surface area contributed by atoms with Crippen molar-refractivity contribution in [2.45, 2.75) is 6.61 Å². The van der Waals surface area contributed by atoms with Crippen LogP contribution < -0.4 is 4.74 Å². The molecule has 0 saturated heterocycles. The van der Waals surface area contributed by atoms with Crippen molar-refractivity contribution in [3.8, 4) is 5.75 Å². The fourth-order valence-corrected chi connectivity index (χ4v) is 2.32. The Bertz CT molecular complexity index is 683. The second-order valence-electron chi connectivity index (χ2n) is 3.60. The van der Waals surface area contributed by atoms with E-state index in [1.54, 1.807) is 11.6 Å². The quantitative estimate of drug-likeness (QED) is 0.801. The van der Waals surface area contributed by atoms with Gasteiger partial charge in [0, 0.05) is 11.4 Å². The number of thiazole rings is 1. The van der Waals surface area contributed by atoms with E-state index >= 15 is 0 Å². The highest BCUT2D eigenvalue weighted by Crippen LogP contribution is 2.33. The van der Waals surface area contributed by atoms with Gasteiger partial charge in [-0.05, 0) is 0 Å². The topological polar surface area (TPSA) is 50.8 Å². The lowest BCUT2D eigenvalue weighted by Crippen LogP contribution is -1.97. The van der Waals surface area contributed by atoms with Crippen molar-refractivity contribution < 1.29 is 9.13 Å². The number of benzene rings is 1. The Morgan fingerprint density at radius 2 is 2.39 bits per heavy atom. The highest BCUT2D eigenvalue weighted by atomic mass is 35.5. The van der Waals surface area contributed by atoms with E-state index in [1.807, 2.05) is 5.38 Å². The molecule has 2 heterocycles. The number of aromatic amines is 1. The maximum absolute atomic E-state index is 13.9. The van der Waals surface area contributed by atoms with Crippen LogP contribution in [0.1, 0.15) is 5.69 Å². The third kappa shape index (κ3) is 1.93. The summed E-state index contributed by atoms with van der Waals surface area (Å²) in [4.78, 5) is 4.07. The third-order valence-electron chi connectivity index (χ3n) is 2.45. The summed E-state index contributed by atoms with van der Waals surface area (Å²) in [5.41, 5.74) is 3.03. The van der Waals surface area contributed by atoms with E-state index in [0.717, 1.165) is 5.69 Å². The SMILES string of the molecule is Fc1c(Cl)c(OCc2cscn2)cc2[nH]ncc12. The summed E-state index contributed by atoms with van der Waals surface area (Å²) in [6, 6.07) is 1.63. The number of ether oxygens (including phenoxy) is 1. The summed E-state index contributed by atoms with van der Waals surface area (Å²) in [6.07, 6.45) is 1.39. The molecule has 7 heteroatoms. The first-order chi connectivity index (χ1) is 8.75. The molecule has 0 bridgehead atoms. The molecule has 92 valence electrons.